The topological polar surface area (TPSA) is 93.9 Å². The van der Waals surface area contributed by atoms with Gasteiger partial charge in [-0.15, -0.1) is 0 Å². The van der Waals surface area contributed by atoms with Gasteiger partial charge in [-0.1, -0.05) is 0 Å². The summed E-state index contributed by atoms with van der Waals surface area (Å²) in [6.07, 6.45) is 1.96. The summed E-state index contributed by atoms with van der Waals surface area (Å²) in [4.78, 5) is 15.5. The minimum Gasteiger partial charge on any atom is -0.468 e. The first-order valence-electron chi connectivity index (χ1n) is 4.97. The van der Waals surface area contributed by atoms with Gasteiger partial charge in [0.05, 0.1) is 13.2 Å². The van der Waals surface area contributed by atoms with E-state index in [1.165, 1.54) is 17.7 Å². The van der Waals surface area contributed by atoms with Crippen molar-refractivity contribution in [2.24, 2.45) is 0 Å². The number of ether oxygens (including phenoxy) is 1. The third-order valence-corrected chi connectivity index (χ3v) is 2.10. The average molecular weight is 222 g/mol. The fraction of sp³-hybridized carbons (Fsp3) is 0.500. The van der Waals surface area contributed by atoms with E-state index < -0.39 is 0 Å². The molecule has 0 saturated carbocycles. The van der Waals surface area contributed by atoms with Crippen molar-refractivity contribution >= 4 is 5.82 Å². The second-order valence-electron chi connectivity index (χ2n) is 3.27. The van der Waals surface area contributed by atoms with E-state index in [1.807, 2.05) is 0 Å². The van der Waals surface area contributed by atoms with Crippen molar-refractivity contribution in [2.45, 2.75) is 25.8 Å². The quantitative estimate of drug-likeness (QED) is 0.733. The molecule has 0 amide bonds. The molecule has 0 aliphatic rings. The zero-order valence-corrected chi connectivity index (χ0v) is 9.14. The summed E-state index contributed by atoms with van der Waals surface area (Å²) in [5.74, 6) is 0.148. The van der Waals surface area contributed by atoms with Gasteiger partial charge in [0.15, 0.2) is 0 Å². The van der Waals surface area contributed by atoms with Crippen LogP contribution in [0.4, 0.5) is 5.82 Å². The first-order chi connectivity index (χ1) is 7.69. The van der Waals surface area contributed by atoms with Gasteiger partial charge in [-0.25, -0.2) is 0 Å². The van der Waals surface area contributed by atoms with Gasteiger partial charge in [-0.3, -0.25) is 9.36 Å². The van der Waals surface area contributed by atoms with E-state index in [0.717, 1.165) is 12.8 Å². The van der Waals surface area contributed by atoms with Gasteiger partial charge in [-0.05, 0) is 12.8 Å². The Bertz CT molecular complexity index is 447. The Morgan fingerprint density at radius 1 is 1.62 bits per heavy atom. The van der Waals surface area contributed by atoms with Crippen molar-refractivity contribution in [2.75, 3.05) is 12.8 Å². The highest BCUT2D eigenvalue weighted by atomic mass is 16.5. The maximum atomic E-state index is 11.6. The van der Waals surface area contributed by atoms with Crippen LogP contribution in [0.2, 0.25) is 0 Å². The number of unbranched alkanes of at least 4 members (excludes halogenated alkanes) is 2. The second-order valence-corrected chi connectivity index (χ2v) is 3.27. The molecule has 0 fully saturated rings. The molecule has 0 bridgehead atoms. The minimum absolute atomic E-state index is 0.148. The molecule has 0 aliphatic carbocycles. The highest BCUT2D eigenvalue weighted by Gasteiger charge is 2.06. The lowest BCUT2D eigenvalue weighted by Crippen LogP contribution is -2.23. The van der Waals surface area contributed by atoms with Crippen molar-refractivity contribution < 1.29 is 4.74 Å². The zero-order valence-electron chi connectivity index (χ0n) is 9.14. The van der Waals surface area contributed by atoms with Crippen molar-refractivity contribution in [1.29, 1.82) is 5.26 Å². The number of rotatable bonds is 5. The lowest BCUT2D eigenvalue weighted by atomic mass is 10.2. The SMILES string of the molecule is COc1nc(N)cc(=O)n1CCCCC#N. The molecule has 6 heteroatoms. The van der Waals surface area contributed by atoms with E-state index in [4.69, 9.17) is 15.7 Å². The fourth-order valence-corrected chi connectivity index (χ4v) is 1.34. The van der Waals surface area contributed by atoms with Gasteiger partial charge < -0.3 is 10.5 Å². The van der Waals surface area contributed by atoms with Gasteiger partial charge in [0.1, 0.15) is 5.82 Å². The normalized spacial score (nSPS) is 9.75. The zero-order chi connectivity index (χ0) is 12.0. The molecule has 0 atom stereocenters. The molecule has 16 heavy (non-hydrogen) atoms. The summed E-state index contributed by atoms with van der Waals surface area (Å²) in [7, 11) is 1.44. The van der Waals surface area contributed by atoms with E-state index in [2.05, 4.69) is 11.1 Å². The molecule has 1 aromatic heterocycles. The number of methoxy groups -OCH3 is 1. The lowest BCUT2D eigenvalue weighted by molar-refractivity contribution is 0.343. The van der Waals surface area contributed by atoms with E-state index >= 15 is 0 Å². The molecular formula is C10H14N4O2. The summed E-state index contributed by atoms with van der Waals surface area (Å²) >= 11 is 0. The minimum atomic E-state index is -0.235. The van der Waals surface area contributed by atoms with E-state index in [0.29, 0.717) is 13.0 Å². The fourth-order valence-electron chi connectivity index (χ4n) is 1.34. The van der Waals surface area contributed by atoms with E-state index in [1.54, 1.807) is 0 Å². The summed E-state index contributed by atoms with van der Waals surface area (Å²) in [6, 6.07) is 3.52. The Morgan fingerprint density at radius 2 is 2.38 bits per heavy atom. The van der Waals surface area contributed by atoms with Crippen LogP contribution in [0.5, 0.6) is 6.01 Å². The molecule has 1 heterocycles. The number of nitrogens with two attached hydrogens (primary N) is 1. The first-order valence-corrected chi connectivity index (χ1v) is 4.97. The molecule has 2 N–H and O–H groups in total. The average Bonchev–Trinajstić information content (AvgIpc) is 2.26. The van der Waals surface area contributed by atoms with Crippen molar-refractivity contribution in [3.05, 3.63) is 16.4 Å². The van der Waals surface area contributed by atoms with Crippen LogP contribution in [-0.4, -0.2) is 16.7 Å². The first kappa shape index (κ1) is 12.0. The van der Waals surface area contributed by atoms with Crippen LogP contribution in [-0.2, 0) is 6.54 Å². The molecule has 0 saturated heterocycles. The van der Waals surface area contributed by atoms with Crippen molar-refractivity contribution in [3.8, 4) is 12.1 Å². The standard InChI is InChI=1S/C10H14N4O2/c1-16-10-13-8(12)7-9(15)14(10)6-4-2-3-5-11/h7H,2-4,6,12H2,1H3. The Balaban J connectivity index is 2.79. The largest absolute Gasteiger partial charge is 0.468 e. The molecule has 0 unspecified atom stereocenters. The maximum Gasteiger partial charge on any atom is 0.300 e. The molecule has 6 nitrogen and oxygen atoms in total. The third kappa shape index (κ3) is 2.98. The maximum absolute atomic E-state index is 11.6. The predicted octanol–water partition coefficient (Wildman–Crippen LogP) is 0.528. The molecule has 1 aromatic rings. The number of nitrogens with zero attached hydrogens (tertiary/aromatic N) is 3. The van der Waals surface area contributed by atoms with Crippen LogP contribution in [0.15, 0.2) is 10.9 Å². The number of aromatic nitrogens is 2. The number of hydrogen-bond donors (Lipinski definition) is 1. The molecule has 0 aliphatic heterocycles. The van der Waals surface area contributed by atoms with E-state index in [-0.39, 0.29) is 17.4 Å². The highest BCUT2D eigenvalue weighted by Crippen LogP contribution is 2.07. The van der Waals surface area contributed by atoms with Gasteiger partial charge >= 0.3 is 6.01 Å². The van der Waals surface area contributed by atoms with Crippen LogP contribution < -0.4 is 16.0 Å². The molecule has 0 aromatic carbocycles. The predicted molar refractivity (Wildman–Crippen MR) is 58.9 cm³/mol. The highest BCUT2D eigenvalue weighted by molar-refractivity contribution is 5.27. The monoisotopic (exact) mass is 222 g/mol. The summed E-state index contributed by atoms with van der Waals surface area (Å²) in [6.45, 7) is 0.483. The molecule has 0 radical (unpaired) electrons. The number of anilines is 1. The van der Waals surface area contributed by atoms with Crippen LogP contribution in [0.25, 0.3) is 0 Å². The van der Waals surface area contributed by atoms with Gasteiger partial charge in [0.25, 0.3) is 5.56 Å². The molecular weight excluding hydrogens is 208 g/mol. The Labute approximate surface area is 93.3 Å². The third-order valence-electron chi connectivity index (χ3n) is 2.10. The number of hydrogen-bond acceptors (Lipinski definition) is 5. The van der Waals surface area contributed by atoms with Gasteiger partial charge in [0.2, 0.25) is 0 Å². The molecule has 0 spiro atoms. The summed E-state index contributed by atoms with van der Waals surface area (Å²) in [5, 5.41) is 8.38. The van der Waals surface area contributed by atoms with Gasteiger partial charge in [-0.2, -0.15) is 10.2 Å². The van der Waals surface area contributed by atoms with Crippen LogP contribution >= 0.6 is 0 Å². The summed E-state index contributed by atoms with van der Waals surface area (Å²) in [5.41, 5.74) is 5.20. The number of nitrogen functional groups attached to an aromatic ring is 1. The lowest BCUT2D eigenvalue weighted by Gasteiger charge is -2.09. The molecule has 1 rings (SSSR count). The van der Waals surface area contributed by atoms with Crippen molar-refractivity contribution in [1.82, 2.24) is 9.55 Å². The Hall–Kier alpha value is -2.03. The van der Waals surface area contributed by atoms with Gasteiger partial charge in [0, 0.05) is 19.0 Å². The second kappa shape index (κ2) is 5.75. The van der Waals surface area contributed by atoms with Crippen LogP contribution in [0.3, 0.4) is 0 Å². The Kier molecular flexibility index (Phi) is 4.33. The van der Waals surface area contributed by atoms with Crippen molar-refractivity contribution in [3.63, 3.8) is 0 Å². The van der Waals surface area contributed by atoms with Crippen LogP contribution in [0, 0.1) is 11.3 Å². The Morgan fingerprint density at radius 3 is 3.00 bits per heavy atom. The molecule has 86 valence electrons. The summed E-state index contributed by atoms with van der Waals surface area (Å²) < 4.78 is 6.38. The smallest absolute Gasteiger partial charge is 0.300 e. The number of nitriles is 1. The van der Waals surface area contributed by atoms with Crippen LogP contribution in [0.1, 0.15) is 19.3 Å². The van der Waals surface area contributed by atoms with E-state index in [9.17, 15) is 4.79 Å².